The molecule has 0 radical (unpaired) electrons. The van der Waals surface area contributed by atoms with Crippen LogP contribution in [0.25, 0.3) is 0 Å². The number of nitrogens with one attached hydrogen (secondary N) is 1. The predicted octanol–water partition coefficient (Wildman–Crippen LogP) is 1.57. The summed E-state index contributed by atoms with van der Waals surface area (Å²) in [5.74, 6) is 0.342. The zero-order valence-corrected chi connectivity index (χ0v) is 10.8. The Balaban J connectivity index is 2.56. The lowest BCUT2D eigenvalue weighted by molar-refractivity contribution is 0.0931. The Hall–Kier alpha value is -0.840. The first kappa shape index (κ1) is 12.2. The molecule has 15 heavy (non-hydrogen) atoms. The number of aromatic nitrogens is 2. The second-order valence-corrected chi connectivity index (χ2v) is 4.44. The van der Waals surface area contributed by atoms with Crippen LogP contribution >= 0.6 is 15.9 Å². The average Bonchev–Trinajstić information content (AvgIpc) is 2.63. The fourth-order valence-electron chi connectivity index (χ4n) is 1.10. The van der Waals surface area contributed by atoms with Crippen LogP contribution < -0.4 is 5.32 Å². The van der Waals surface area contributed by atoms with E-state index in [1.54, 1.807) is 24.1 Å². The van der Waals surface area contributed by atoms with Crippen molar-refractivity contribution in [3.63, 3.8) is 0 Å². The van der Waals surface area contributed by atoms with E-state index < -0.39 is 0 Å². The fourth-order valence-corrected chi connectivity index (χ4v) is 1.67. The van der Waals surface area contributed by atoms with E-state index in [1.807, 2.05) is 6.92 Å². The van der Waals surface area contributed by atoms with Gasteiger partial charge in [-0.2, -0.15) is 5.10 Å². The summed E-state index contributed by atoms with van der Waals surface area (Å²) in [4.78, 5) is 11.7. The molecule has 84 valence electrons. The van der Waals surface area contributed by atoms with Gasteiger partial charge in [-0.3, -0.25) is 9.48 Å². The number of hydrogen-bond donors (Lipinski definition) is 1. The van der Waals surface area contributed by atoms with Gasteiger partial charge in [0, 0.05) is 24.6 Å². The molecule has 1 aromatic heterocycles. The van der Waals surface area contributed by atoms with Crippen molar-refractivity contribution in [2.24, 2.45) is 13.0 Å². The lowest BCUT2D eigenvalue weighted by atomic mass is 10.1. The second-order valence-electron chi connectivity index (χ2n) is 3.80. The Kier molecular flexibility index (Phi) is 4.32. The van der Waals surface area contributed by atoms with Crippen molar-refractivity contribution in [2.75, 3.05) is 5.33 Å². The summed E-state index contributed by atoms with van der Waals surface area (Å²) in [5.41, 5.74) is 0.603. The zero-order valence-electron chi connectivity index (χ0n) is 9.20. The van der Waals surface area contributed by atoms with Gasteiger partial charge in [0.2, 0.25) is 0 Å². The van der Waals surface area contributed by atoms with Crippen LogP contribution in [0.2, 0.25) is 0 Å². The molecule has 1 N–H and O–H groups in total. The minimum Gasteiger partial charge on any atom is -0.349 e. The minimum atomic E-state index is -0.0663. The number of amides is 1. The van der Waals surface area contributed by atoms with E-state index in [1.165, 1.54) is 0 Å². The van der Waals surface area contributed by atoms with E-state index >= 15 is 0 Å². The van der Waals surface area contributed by atoms with E-state index in [2.05, 4.69) is 33.3 Å². The van der Waals surface area contributed by atoms with Gasteiger partial charge in [-0.05, 0) is 12.8 Å². The molecule has 2 unspecified atom stereocenters. The molecule has 1 heterocycles. The Morgan fingerprint density at radius 2 is 2.33 bits per heavy atom. The minimum absolute atomic E-state index is 0.0663. The summed E-state index contributed by atoms with van der Waals surface area (Å²) < 4.78 is 1.62. The highest BCUT2D eigenvalue weighted by Gasteiger charge is 2.15. The van der Waals surface area contributed by atoms with Crippen LogP contribution in [-0.2, 0) is 7.05 Å². The van der Waals surface area contributed by atoms with Crippen molar-refractivity contribution in [3.8, 4) is 0 Å². The van der Waals surface area contributed by atoms with E-state index in [4.69, 9.17) is 0 Å². The fraction of sp³-hybridized carbons (Fsp3) is 0.600. The maximum Gasteiger partial charge on any atom is 0.254 e. The molecular weight excluding hydrogens is 258 g/mol. The van der Waals surface area contributed by atoms with Crippen molar-refractivity contribution in [3.05, 3.63) is 18.0 Å². The molecule has 0 aromatic carbocycles. The molecule has 5 heteroatoms. The predicted molar refractivity (Wildman–Crippen MR) is 63.1 cm³/mol. The summed E-state index contributed by atoms with van der Waals surface area (Å²) in [7, 11) is 1.79. The number of halogens is 1. The van der Waals surface area contributed by atoms with Gasteiger partial charge in [0.05, 0.1) is 11.8 Å². The van der Waals surface area contributed by atoms with Crippen molar-refractivity contribution in [1.29, 1.82) is 0 Å². The number of alkyl halides is 1. The van der Waals surface area contributed by atoms with Crippen LogP contribution in [0.1, 0.15) is 24.2 Å². The van der Waals surface area contributed by atoms with Gasteiger partial charge < -0.3 is 5.32 Å². The number of aryl methyl sites for hydroxylation is 1. The summed E-state index contributed by atoms with van der Waals surface area (Å²) in [6.07, 6.45) is 3.28. The van der Waals surface area contributed by atoms with Gasteiger partial charge >= 0.3 is 0 Å². The van der Waals surface area contributed by atoms with Crippen LogP contribution in [0.5, 0.6) is 0 Å². The largest absolute Gasteiger partial charge is 0.349 e. The summed E-state index contributed by atoms with van der Waals surface area (Å²) in [6, 6.07) is 0.150. The Bertz CT molecular complexity index is 337. The monoisotopic (exact) mass is 273 g/mol. The first-order chi connectivity index (χ1) is 7.04. The molecule has 0 saturated heterocycles. The van der Waals surface area contributed by atoms with Gasteiger partial charge in [-0.15, -0.1) is 0 Å². The van der Waals surface area contributed by atoms with Crippen LogP contribution in [0.3, 0.4) is 0 Å². The lowest BCUT2D eigenvalue weighted by Crippen LogP contribution is -2.37. The van der Waals surface area contributed by atoms with Crippen LogP contribution in [0.4, 0.5) is 0 Å². The molecule has 0 bridgehead atoms. The Morgan fingerprint density at radius 3 is 2.80 bits per heavy atom. The highest BCUT2D eigenvalue weighted by atomic mass is 79.9. The van der Waals surface area contributed by atoms with Gasteiger partial charge in [0.15, 0.2) is 0 Å². The number of rotatable bonds is 4. The van der Waals surface area contributed by atoms with Crippen molar-refractivity contribution in [1.82, 2.24) is 15.1 Å². The SMILES string of the molecule is CC(CBr)C(C)NC(=O)c1cnn(C)c1. The van der Waals surface area contributed by atoms with Crippen molar-refractivity contribution in [2.45, 2.75) is 19.9 Å². The quantitative estimate of drug-likeness (QED) is 0.847. The van der Waals surface area contributed by atoms with E-state index in [-0.39, 0.29) is 11.9 Å². The number of nitrogens with zero attached hydrogens (tertiary/aromatic N) is 2. The third-order valence-corrected chi connectivity index (χ3v) is 3.44. The molecule has 0 aliphatic heterocycles. The summed E-state index contributed by atoms with van der Waals surface area (Å²) in [5, 5.41) is 7.77. The maximum atomic E-state index is 11.7. The highest BCUT2D eigenvalue weighted by molar-refractivity contribution is 9.09. The molecule has 0 saturated carbocycles. The maximum absolute atomic E-state index is 11.7. The molecule has 0 aliphatic carbocycles. The van der Waals surface area contributed by atoms with Crippen LogP contribution in [-0.4, -0.2) is 27.1 Å². The molecule has 0 spiro atoms. The topological polar surface area (TPSA) is 46.9 Å². The average molecular weight is 274 g/mol. The molecule has 1 aromatic rings. The lowest BCUT2D eigenvalue weighted by Gasteiger charge is -2.18. The van der Waals surface area contributed by atoms with Gasteiger partial charge in [0.1, 0.15) is 0 Å². The first-order valence-electron chi connectivity index (χ1n) is 4.90. The first-order valence-corrected chi connectivity index (χ1v) is 6.02. The number of carbonyl (C=O) groups excluding carboxylic acids is 1. The molecule has 1 amide bonds. The molecule has 4 nitrogen and oxygen atoms in total. The van der Waals surface area contributed by atoms with E-state index in [9.17, 15) is 4.79 Å². The van der Waals surface area contributed by atoms with Crippen LogP contribution in [0, 0.1) is 5.92 Å². The standard InChI is InChI=1S/C10H16BrN3O/c1-7(4-11)8(2)13-10(15)9-5-12-14(3)6-9/h5-8H,4H2,1-3H3,(H,13,15). The third kappa shape index (κ3) is 3.34. The van der Waals surface area contributed by atoms with E-state index in [0.717, 1.165) is 5.33 Å². The summed E-state index contributed by atoms with van der Waals surface area (Å²) >= 11 is 3.40. The molecular formula is C10H16BrN3O. The Morgan fingerprint density at radius 1 is 1.67 bits per heavy atom. The summed E-state index contributed by atoms with van der Waals surface area (Å²) in [6.45, 7) is 4.09. The van der Waals surface area contributed by atoms with Gasteiger partial charge in [0.25, 0.3) is 5.91 Å². The van der Waals surface area contributed by atoms with Gasteiger partial charge in [-0.25, -0.2) is 0 Å². The van der Waals surface area contributed by atoms with Crippen LogP contribution in [0.15, 0.2) is 12.4 Å². The highest BCUT2D eigenvalue weighted by Crippen LogP contribution is 2.07. The molecule has 1 rings (SSSR count). The normalized spacial score (nSPS) is 14.7. The molecule has 0 aliphatic rings. The second kappa shape index (κ2) is 5.30. The van der Waals surface area contributed by atoms with Crippen molar-refractivity contribution < 1.29 is 4.79 Å². The van der Waals surface area contributed by atoms with Crippen molar-refractivity contribution >= 4 is 21.8 Å². The smallest absolute Gasteiger partial charge is 0.254 e. The number of carbonyl (C=O) groups is 1. The Labute approximate surface area is 98.2 Å². The molecule has 0 fully saturated rings. The van der Waals surface area contributed by atoms with E-state index in [0.29, 0.717) is 11.5 Å². The van der Waals surface area contributed by atoms with Gasteiger partial charge in [-0.1, -0.05) is 22.9 Å². The number of hydrogen-bond acceptors (Lipinski definition) is 2. The zero-order chi connectivity index (χ0) is 11.4. The molecule has 2 atom stereocenters. The third-order valence-electron chi connectivity index (χ3n) is 2.42.